The highest BCUT2D eigenvalue weighted by Gasteiger charge is 2.79. The Hall–Kier alpha value is -1.41. The molecule has 8 heteroatoms. The molecule has 1 aromatic rings. The van der Waals surface area contributed by atoms with Crippen LogP contribution in [0.2, 0.25) is 0 Å². The number of allylic oxidation sites excluding steroid dienone is 1. The molecule has 4 aliphatic rings. The topological polar surface area (TPSA) is 37.3 Å². The number of hydrogen-bond acceptors (Lipinski definition) is 3. The van der Waals surface area contributed by atoms with E-state index in [0.717, 1.165) is 43.4 Å². The molecule has 0 saturated heterocycles. The Morgan fingerprint density at radius 1 is 0.927 bits per heavy atom. The Bertz CT molecular complexity index is 1140. The van der Waals surface area contributed by atoms with Crippen molar-refractivity contribution in [1.82, 2.24) is 0 Å². The number of hydrogen-bond donors (Lipinski definition) is 1. The molecule has 1 aromatic carbocycles. The lowest BCUT2D eigenvalue weighted by Gasteiger charge is -2.62. The second-order valence-electron chi connectivity index (χ2n) is 13.6. The highest BCUT2D eigenvalue weighted by molar-refractivity contribution is 7.99. The number of thioether (sulfide) groups is 1. The van der Waals surface area contributed by atoms with E-state index >= 15 is 0 Å². The van der Waals surface area contributed by atoms with Crippen LogP contribution in [0.3, 0.4) is 0 Å². The summed E-state index contributed by atoms with van der Waals surface area (Å²) in [5.74, 6) is -4.18. The van der Waals surface area contributed by atoms with Gasteiger partial charge in [0, 0.05) is 16.7 Å². The smallest absolute Gasteiger partial charge is 0.383 e. The summed E-state index contributed by atoms with van der Waals surface area (Å²) < 4.78 is 70.8. The number of ketones is 1. The van der Waals surface area contributed by atoms with Crippen molar-refractivity contribution in [1.29, 1.82) is 0 Å². The van der Waals surface area contributed by atoms with Crippen LogP contribution in [0.4, 0.5) is 22.0 Å². The molecule has 0 bridgehead atoms. The summed E-state index contributed by atoms with van der Waals surface area (Å²) in [6.07, 6.45) is 3.21. The number of carbonyl (C=O) groups is 1. The third kappa shape index (κ3) is 5.21. The van der Waals surface area contributed by atoms with Crippen LogP contribution >= 0.6 is 11.8 Å². The van der Waals surface area contributed by atoms with Crippen LogP contribution in [0.1, 0.15) is 90.9 Å². The van der Waals surface area contributed by atoms with Crippen molar-refractivity contribution in [2.45, 2.75) is 113 Å². The second-order valence-corrected chi connectivity index (χ2v) is 14.8. The summed E-state index contributed by atoms with van der Waals surface area (Å²) in [4.78, 5) is 13.7. The van der Waals surface area contributed by atoms with Crippen LogP contribution in [0.25, 0.3) is 0 Å². The molecule has 0 spiro atoms. The van der Waals surface area contributed by atoms with Gasteiger partial charge in [-0.25, -0.2) is 0 Å². The number of benzene rings is 1. The SMILES string of the molecule is C[C@]12CCC(=O)C=C1C[C@@H](CCCCCCSc1ccccc1)[C@@H]1[C@@H]2CC[C@@]2(C)[C@H]1CC[C@@]2(O)C(F)(F)C(F)(F)F. The van der Waals surface area contributed by atoms with E-state index in [1.54, 1.807) is 0 Å². The highest BCUT2D eigenvalue weighted by Crippen LogP contribution is 2.72. The van der Waals surface area contributed by atoms with Gasteiger partial charge < -0.3 is 5.11 Å². The summed E-state index contributed by atoms with van der Waals surface area (Å²) in [6, 6.07) is 10.3. The van der Waals surface area contributed by atoms with Crippen molar-refractivity contribution in [3.63, 3.8) is 0 Å². The van der Waals surface area contributed by atoms with Gasteiger partial charge in [0.1, 0.15) is 5.60 Å². The van der Waals surface area contributed by atoms with Crippen LogP contribution in [0.15, 0.2) is 46.9 Å². The van der Waals surface area contributed by atoms with E-state index in [1.807, 2.05) is 36.0 Å². The quantitative estimate of drug-likeness (QED) is 0.175. The van der Waals surface area contributed by atoms with Crippen molar-refractivity contribution in [3.8, 4) is 0 Å². The van der Waals surface area contributed by atoms with Crippen molar-refractivity contribution in [2.24, 2.45) is 34.5 Å². The molecular weight excluding hydrogens is 555 g/mol. The average molecular weight is 599 g/mol. The van der Waals surface area contributed by atoms with Gasteiger partial charge in [-0.05, 0) is 104 Å². The van der Waals surface area contributed by atoms with Gasteiger partial charge in [0.15, 0.2) is 5.78 Å². The first-order valence-electron chi connectivity index (χ1n) is 15.3. The lowest BCUT2D eigenvalue weighted by molar-refractivity contribution is -0.364. The zero-order chi connectivity index (χ0) is 29.7. The van der Waals surface area contributed by atoms with Crippen molar-refractivity contribution in [2.75, 3.05) is 5.75 Å². The van der Waals surface area contributed by atoms with Crippen molar-refractivity contribution < 1.29 is 31.9 Å². The molecule has 3 saturated carbocycles. The number of unbranched alkanes of at least 4 members (excludes halogenated alkanes) is 3. The molecule has 41 heavy (non-hydrogen) atoms. The van der Waals surface area contributed by atoms with Crippen LogP contribution in [0.5, 0.6) is 0 Å². The van der Waals surface area contributed by atoms with Gasteiger partial charge in [-0.1, -0.05) is 56.9 Å². The van der Waals surface area contributed by atoms with E-state index in [-0.39, 0.29) is 41.8 Å². The Morgan fingerprint density at radius 2 is 1.61 bits per heavy atom. The summed E-state index contributed by atoms with van der Waals surface area (Å²) >= 11 is 1.84. The fourth-order valence-corrected chi connectivity index (χ4v) is 10.3. The molecular formula is C33H43F5O2S. The average Bonchev–Trinajstić information content (AvgIpc) is 3.20. The predicted octanol–water partition coefficient (Wildman–Crippen LogP) is 9.42. The van der Waals surface area contributed by atoms with Crippen LogP contribution in [-0.2, 0) is 4.79 Å². The van der Waals surface area contributed by atoms with Gasteiger partial charge in [-0.3, -0.25) is 4.79 Å². The number of fused-ring (bicyclic) bond motifs is 5. The van der Waals surface area contributed by atoms with E-state index < -0.39 is 35.5 Å². The van der Waals surface area contributed by atoms with Crippen molar-refractivity contribution in [3.05, 3.63) is 42.0 Å². The summed E-state index contributed by atoms with van der Waals surface area (Å²) in [7, 11) is 0. The third-order valence-corrected chi connectivity index (χ3v) is 12.7. The van der Waals surface area contributed by atoms with Gasteiger partial charge in [-0.15, -0.1) is 11.8 Å². The maximum absolute atomic E-state index is 15.0. The summed E-state index contributed by atoms with van der Waals surface area (Å²) in [6.45, 7) is 3.68. The molecule has 0 amide bonds. The maximum atomic E-state index is 15.0. The van der Waals surface area contributed by atoms with E-state index in [9.17, 15) is 31.9 Å². The fraction of sp³-hybridized carbons (Fsp3) is 0.727. The first-order chi connectivity index (χ1) is 19.2. The molecule has 0 aromatic heterocycles. The Balaban J connectivity index is 1.32. The van der Waals surface area contributed by atoms with E-state index in [1.165, 1.54) is 11.8 Å². The van der Waals surface area contributed by atoms with Gasteiger partial charge in [-0.2, -0.15) is 22.0 Å². The molecule has 2 nitrogen and oxygen atoms in total. The standard InChI is InChI=1S/C33H43F5O2S/c1-29-16-13-24(39)21-23(29)20-22(10-6-3-4-9-19-41-25-11-7-5-8-12-25)28-26(29)14-17-30(2)27(28)15-18-31(30,40)32(34,35)33(36,37)38/h5,7-8,11-12,21-22,26-28,40H,3-4,6,9-10,13-20H2,1-2H3/t22-,26+,27+,28-,29+,30+,31+/m1/s1. The molecule has 0 heterocycles. The first kappa shape index (κ1) is 31.0. The lowest BCUT2D eigenvalue weighted by atomic mass is 9.43. The number of halogens is 5. The second kappa shape index (κ2) is 11.3. The Kier molecular flexibility index (Phi) is 8.52. The minimum Gasteiger partial charge on any atom is -0.383 e. The Morgan fingerprint density at radius 3 is 2.32 bits per heavy atom. The van der Waals surface area contributed by atoms with Gasteiger partial charge in [0.05, 0.1) is 0 Å². The summed E-state index contributed by atoms with van der Waals surface area (Å²) in [5.41, 5.74) is -3.70. The normalized spacial score (nSPS) is 37.3. The van der Waals surface area contributed by atoms with E-state index in [2.05, 4.69) is 19.1 Å². The highest BCUT2D eigenvalue weighted by atomic mass is 32.2. The molecule has 0 aliphatic heterocycles. The minimum atomic E-state index is -5.80. The zero-order valence-electron chi connectivity index (χ0n) is 24.1. The summed E-state index contributed by atoms with van der Waals surface area (Å²) in [5, 5.41) is 11.3. The largest absolute Gasteiger partial charge is 0.456 e. The molecule has 4 aliphatic carbocycles. The number of alkyl halides is 5. The maximum Gasteiger partial charge on any atom is 0.456 e. The van der Waals surface area contributed by atoms with E-state index in [0.29, 0.717) is 25.7 Å². The third-order valence-electron chi connectivity index (χ3n) is 11.6. The van der Waals surface area contributed by atoms with Crippen LogP contribution < -0.4 is 0 Å². The van der Waals surface area contributed by atoms with Gasteiger partial charge in [0.2, 0.25) is 0 Å². The number of carbonyl (C=O) groups excluding carboxylic acids is 1. The van der Waals surface area contributed by atoms with Gasteiger partial charge in [0.25, 0.3) is 0 Å². The minimum absolute atomic E-state index is 0.0317. The van der Waals surface area contributed by atoms with Crippen LogP contribution in [0, 0.1) is 34.5 Å². The van der Waals surface area contributed by atoms with Crippen LogP contribution in [-0.4, -0.2) is 34.3 Å². The fourth-order valence-electron chi connectivity index (χ4n) is 9.34. The zero-order valence-corrected chi connectivity index (χ0v) is 24.9. The molecule has 1 N–H and O–H groups in total. The molecule has 0 radical (unpaired) electrons. The van der Waals surface area contributed by atoms with E-state index in [4.69, 9.17) is 0 Å². The monoisotopic (exact) mass is 598 g/mol. The first-order valence-corrected chi connectivity index (χ1v) is 16.3. The molecule has 228 valence electrons. The van der Waals surface area contributed by atoms with Gasteiger partial charge >= 0.3 is 12.1 Å². The van der Waals surface area contributed by atoms with Crippen molar-refractivity contribution >= 4 is 17.5 Å². The molecule has 5 rings (SSSR count). The lowest BCUT2D eigenvalue weighted by Crippen LogP contribution is -2.66. The Labute approximate surface area is 244 Å². The molecule has 7 atom stereocenters. The predicted molar refractivity (Wildman–Crippen MR) is 152 cm³/mol. The number of aliphatic hydroxyl groups is 1. The number of rotatable bonds is 9. The molecule has 0 unspecified atom stereocenters. The molecule has 3 fully saturated rings.